The Morgan fingerprint density at radius 3 is 2.74 bits per heavy atom. The maximum absolute atomic E-state index is 5.77. The molecule has 3 N–H and O–H groups in total. The number of hydrogen-bond acceptors (Lipinski definition) is 2. The van der Waals surface area contributed by atoms with Crippen molar-refractivity contribution >= 4 is 41.0 Å². The summed E-state index contributed by atoms with van der Waals surface area (Å²) in [5, 5.41) is 3.06. The summed E-state index contributed by atoms with van der Waals surface area (Å²) >= 11 is 0. The Labute approximate surface area is 130 Å². The molecule has 0 atom stereocenters. The number of nitrogens with zero attached hydrogens (tertiary/aromatic N) is 3. The molecule has 2 aromatic rings. The summed E-state index contributed by atoms with van der Waals surface area (Å²) < 4.78 is 2.04. The number of rotatable bonds is 3. The summed E-state index contributed by atoms with van der Waals surface area (Å²) in [6.07, 6.45) is 0. The van der Waals surface area contributed by atoms with Crippen LogP contribution in [0.3, 0.4) is 0 Å². The van der Waals surface area contributed by atoms with Gasteiger partial charge >= 0.3 is 0 Å². The van der Waals surface area contributed by atoms with E-state index in [0.717, 1.165) is 16.9 Å². The fraction of sp³-hybridized carbons (Fsp3) is 0.385. The van der Waals surface area contributed by atoms with E-state index in [1.165, 1.54) is 0 Å². The van der Waals surface area contributed by atoms with Gasteiger partial charge in [0.2, 0.25) is 0 Å². The van der Waals surface area contributed by atoms with Crippen molar-refractivity contribution in [1.29, 1.82) is 0 Å². The number of fused-ring (bicyclic) bond motifs is 1. The molecule has 0 bridgehead atoms. The lowest BCUT2D eigenvalue weighted by atomic mass is 10.3. The molecule has 0 fully saturated rings. The lowest BCUT2D eigenvalue weighted by Gasteiger charge is -2.08. The fourth-order valence-electron chi connectivity index (χ4n) is 1.83. The van der Waals surface area contributed by atoms with E-state index in [1.807, 2.05) is 49.7 Å². The summed E-state index contributed by atoms with van der Waals surface area (Å²) in [6, 6.07) is 8.32. The Kier molecular flexibility index (Phi) is 5.59. The van der Waals surface area contributed by atoms with Gasteiger partial charge in [-0.05, 0) is 26.0 Å². The number of aromatic nitrogens is 2. The Bertz CT molecular complexity index is 573. The zero-order valence-electron chi connectivity index (χ0n) is 11.4. The number of guanidine groups is 1. The van der Waals surface area contributed by atoms with Gasteiger partial charge in [-0.15, -0.1) is 24.0 Å². The van der Waals surface area contributed by atoms with Crippen LogP contribution in [0.1, 0.15) is 19.7 Å². The van der Waals surface area contributed by atoms with Crippen LogP contribution >= 0.6 is 24.0 Å². The smallest absolute Gasteiger partial charge is 0.189 e. The molecule has 0 spiro atoms. The normalized spacial score (nSPS) is 11.7. The Morgan fingerprint density at radius 1 is 1.42 bits per heavy atom. The highest BCUT2D eigenvalue weighted by atomic mass is 127. The number of imidazole rings is 1. The first kappa shape index (κ1) is 15.7. The van der Waals surface area contributed by atoms with Crippen LogP contribution in [0.25, 0.3) is 11.0 Å². The molecule has 0 radical (unpaired) electrons. The van der Waals surface area contributed by atoms with Gasteiger partial charge in [-0.2, -0.15) is 0 Å². The maximum atomic E-state index is 5.77. The van der Waals surface area contributed by atoms with Crippen LogP contribution < -0.4 is 11.1 Å². The molecule has 1 aromatic heterocycles. The number of hydrogen-bond donors (Lipinski definition) is 2. The number of aryl methyl sites for hydroxylation is 1. The van der Waals surface area contributed by atoms with E-state index in [4.69, 9.17) is 5.73 Å². The van der Waals surface area contributed by atoms with Crippen molar-refractivity contribution in [3.8, 4) is 0 Å². The van der Waals surface area contributed by atoms with E-state index < -0.39 is 0 Å². The van der Waals surface area contributed by atoms with Crippen LogP contribution in [-0.4, -0.2) is 21.6 Å². The number of aliphatic imine (C=N–C) groups is 1. The van der Waals surface area contributed by atoms with Crippen LogP contribution in [0, 0.1) is 0 Å². The largest absolute Gasteiger partial charge is 0.370 e. The molecule has 6 heteroatoms. The first-order valence-corrected chi connectivity index (χ1v) is 6.04. The maximum Gasteiger partial charge on any atom is 0.189 e. The van der Waals surface area contributed by atoms with Crippen molar-refractivity contribution in [2.45, 2.75) is 26.4 Å². The van der Waals surface area contributed by atoms with Crippen LogP contribution in [-0.2, 0) is 13.6 Å². The lowest BCUT2D eigenvalue weighted by molar-refractivity contribution is 0.719. The van der Waals surface area contributed by atoms with Gasteiger partial charge in [-0.1, -0.05) is 12.1 Å². The highest BCUT2D eigenvalue weighted by Gasteiger charge is 2.06. The van der Waals surface area contributed by atoms with Gasteiger partial charge in [0.1, 0.15) is 12.4 Å². The minimum absolute atomic E-state index is 0. The molecule has 0 saturated carbocycles. The predicted molar refractivity (Wildman–Crippen MR) is 89.7 cm³/mol. The molecule has 0 unspecified atom stereocenters. The second-order valence-electron chi connectivity index (χ2n) is 4.58. The van der Waals surface area contributed by atoms with Crippen LogP contribution in [0.2, 0.25) is 0 Å². The summed E-state index contributed by atoms with van der Waals surface area (Å²) in [6.45, 7) is 4.53. The van der Waals surface area contributed by atoms with Gasteiger partial charge in [-0.25, -0.2) is 9.98 Å². The minimum Gasteiger partial charge on any atom is -0.370 e. The van der Waals surface area contributed by atoms with Crippen molar-refractivity contribution < 1.29 is 0 Å². The minimum atomic E-state index is 0. The van der Waals surface area contributed by atoms with Gasteiger partial charge in [-0.3, -0.25) is 0 Å². The molecule has 104 valence electrons. The third-order valence-corrected chi connectivity index (χ3v) is 2.71. The Hall–Kier alpha value is -1.31. The first-order chi connectivity index (χ1) is 8.58. The van der Waals surface area contributed by atoms with E-state index >= 15 is 0 Å². The number of benzene rings is 1. The highest BCUT2D eigenvalue weighted by Crippen LogP contribution is 2.14. The van der Waals surface area contributed by atoms with Crippen molar-refractivity contribution in [2.24, 2.45) is 17.8 Å². The van der Waals surface area contributed by atoms with Gasteiger partial charge in [0.05, 0.1) is 11.0 Å². The average molecular weight is 373 g/mol. The number of halogens is 1. The van der Waals surface area contributed by atoms with Crippen molar-refractivity contribution in [3.63, 3.8) is 0 Å². The van der Waals surface area contributed by atoms with Crippen LogP contribution in [0.15, 0.2) is 29.3 Å². The second-order valence-corrected chi connectivity index (χ2v) is 4.58. The molecule has 1 heterocycles. The number of nitrogens with one attached hydrogen (secondary N) is 1. The lowest BCUT2D eigenvalue weighted by Crippen LogP contribution is -2.36. The van der Waals surface area contributed by atoms with E-state index in [2.05, 4.69) is 15.3 Å². The molecule has 0 aliphatic heterocycles. The molecular formula is C13H20IN5. The van der Waals surface area contributed by atoms with E-state index in [1.54, 1.807) is 0 Å². The van der Waals surface area contributed by atoms with Gasteiger partial charge in [0.15, 0.2) is 5.96 Å². The van der Waals surface area contributed by atoms with Gasteiger partial charge in [0, 0.05) is 13.1 Å². The standard InChI is InChI=1S/C13H19N5.HI/c1-9(2)16-13(14)15-8-12-17-10-6-4-5-7-11(10)18(12)3;/h4-7,9H,8H2,1-3H3,(H3,14,15,16);1H. The highest BCUT2D eigenvalue weighted by molar-refractivity contribution is 14.0. The zero-order chi connectivity index (χ0) is 13.1. The Morgan fingerprint density at radius 2 is 2.11 bits per heavy atom. The average Bonchev–Trinajstić information content (AvgIpc) is 2.64. The molecule has 5 nitrogen and oxygen atoms in total. The summed E-state index contributed by atoms with van der Waals surface area (Å²) in [4.78, 5) is 8.83. The molecular weight excluding hydrogens is 353 g/mol. The zero-order valence-corrected chi connectivity index (χ0v) is 13.8. The first-order valence-electron chi connectivity index (χ1n) is 6.04. The SMILES string of the molecule is CC(C)NC(N)=NCc1nc2ccccc2n1C.I. The molecule has 2 rings (SSSR count). The number of nitrogens with two attached hydrogens (primary N) is 1. The summed E-state index contributed by atoms with van der Waals surface area (Å²) in [7, 11) is 1.99. The quantitative estimate of drug-likeness (QED) is 0.491. The molecule has 1 aromatic carbocycles. The van der Waals surface area contributed by atoms with E-state index in [-0.39, 0.29) is 30.0 Å². The fourth-order valence-corrected chi connectivity index (χ4v) is 1.83. The monoisotopic (exact) mass is 373 g/mol. The predicted octanol–water partition coefficient (Wildman–Crippen LogP) is 2.00. The molecule has 0 aliphatic rings. The van der Waals surface area contributed by atoms with Crippen molar-refractivity contribution in [2.75, 3.05) is 0 Å². The summed E-state index contributed by atoms with van der Waals surface area (Å²) in [5.41, 5.74) is 7.86. The molecule has 0 saturated heterocycles. The van der Waals surface area contributed by atoms with Gasteiger partial charge < -0.3 is 15.6 Å². The third kappa shape index (κ3) is 3.82. The number of para-hydroxylation sites is 2. The molecule has 0 amide bonds. The molecule has 0 aliphatic carbocycles. The second kappa shape index (κ2) is 6.74. The summed E-state index contributed by atoms with van der Waals surface area (Å²) in [5.74, 6) is 1.36. The van der Waals surface area contributed by atoms with E-state index in [0.29, 0.717) is 12.5 Å². The molecule has 19 heavy (non-hydrogen) atoms. The van der Waals surface area contributed by atoms with Crippen LogP contribution in [0.5, 0.6) is 0 Å². The Balaban J connectivity index is 0.00000180. The topological polar surface area (TPSA) is 68.2 Å². The third-order valence-electron chi connectivity index (χ3n) is 2.71. The van der Waals surface area contributed by atoms with Crippen molar-refractivity contribution in [3.05, 3.63) is 30.1 Å². The van der Waals surface area contributed by atoms with E-state index in [9.17, 15) is 0 Å². The van der Waals surface area contributed by atoms with Gasteiger partial charge in [0.25, 0.3) is 0 Å². The van der Waals surface area contributed by atoms with Crippen LogP contribution in [0.4, 0.5) is 0 Å². The van der Waals surface area contributed by atoms with Crippen molar-refractivity contribution in [1.82, 2.24) is 14.9 Å².